The first-order valence-electron chi connectivity index (χ1n) is 10.7. The predicted octanol–water partition coefficient (Wildman–Crippen LogP) is 4.11. The van der Waals surface area contributed by atoms with Crippen LogP contribution in [0.25, 0.3) is 33.2 Å². The normalized spacial score (nSPS) is 12.0. The van der Waals surface area contributed by atoms with Gasteiger partial charge in [0.05, 0.1) is 12.1 Å². The Morgan fingerprint density at radius 1 is 1.06 bits per heavy atom. The monoisotopic (exact) mass is 456 g/mol. The number of aromatic nitrogens is 5. The average molecular weight is 456 g/mol. The molecule has 10 heteroatoms. The number of alkyl halides is 2. The lowest BCUT2D eigenvalue weighted by molar-refractivity contribution is 0.0694. The van der Waals surface area contributed by atoms with Crippen molar-refractivity contribution in [2.75, 3.05) is 27.2 Å². The summed E-state index contributed by atoms with van der Waals surface area (Å²) in [5.41, 5.74) is 1.56. The molecule has 3 heterocycles. The van der Waals surface area contributed by atoms with Gasteiger partial charge in [-0.3, -0.25) is 4.57 Å². The number of benzene rings is 1. The van der Waals surface area contributed by atoms with Gasteiger partial charge in [0.1, 0.15) is 5.52 Å². The summed E-state index contributed by atoms with van der Waals surface area (Å²) in [4.78, 5) is 19.2. The van der Waals surface area contributed by atoms with Gasteiger partial charge >= 0.3 is 12.2 Å². The van der Waals surface area contributed by atoms with Crippen LogP contribution in [0.4, 0.5) is 8.78 Å². The third-order valence-electron chi connectivity index (χ3n) is 5.38. The second kappa shape index (κ2) is 9.22. The topological polar surface area (TPSA) is 78.1 Å². The van der Waals surface area contributed by atoms with Crippen LogP contribution >= 0.6 is 0 Å². The zero-order chi connectivity index (χ0) is 23.7. The summed E-state index contributed by atoms with van der Waals surface area (Å²) in [7, 11) is 4.03. The number of hydrogen-bond acceptors (Lipinski definition) is 6. The SMILES string of the molecule is CC(C)n1c(=O)n(C(F)F)c2nnc3ccc(-c4ccc(OCCCN(C)C)nc4)cc3c21. The van der Waals surface area contributed by atoms with E-state index >= 15 is 0 Å². The minimum absolute atomic E-state index is 0.132. The maximum Gasteiger partial charge on any atom is 0.335 e. The Balaban J connectivity index is 1.74. The van der Waals surface area contributed by atoms with Crippen molar-refractivity contribution in [3.05, 3.63) is 47.0 Å². The number of halogens is 2. The molecule has 0 atom stereocenters. The number of pyridine rings is 1. The van der Waals surface area contributed by atoms with Crippen LogP contribution in [0.3, 0.4) is 0 Å². The Morgan fingerprint density at radius 3 is 2.45 bits per heavy atom. The highest BCUT2D eigenvalue weighted by molar-refractivity contribution is 6.02. The van der Waals surface area contributed by atoms with E-state index in [0.717, 1.165) is 24.1 Å². The van der Waals surface area contributed by atoms with Crippen LogP contribution in [0.15, 0.2) is 41.3 Å². The summed E-state index contributed by atoms with van der Waals surface area (Å²) in [5, 5.41) is 8.58. The quantitative estimate of drug-likeness (QED) is 0.371. The van der Waals surface area contributed by atoms with E-state index in [4.69, 9.17) is 4.74 Å². The Morgan fingerprint density at radius 2 is 1.82 bits per heavy atom. The van der Waals surface area contributed by atoms with Gasteiger partial charge in [-0.2, -0.15) is 8.78 Å². The lowest BCUT2D eigenvalue weighted by Crippen LogP contribution is -2.26. The first-order valence-corrected chi connectivity index (χ1v) is 10.7. The van der Waals surface area contributed by atoms with E-state index < -0.39 is 12.2 Å². The van der Waals surface area contributed by atoms with Crippen molar-refractivity contribution in [2.45, 2.75) is 32.9 Å². The van der Waals surface area contributed by atoms with Crippen molar-refractivity contribution >= 4 is 22.1 Å². The van der Waals surface area contributed by atoms with Gasteiger partial charge in [-0.1, -0.05) is 6.07 Å². The third kappa shape index (κ3) is 4.43. The Kier molecular flexibility index (Phi) is 6.37. The summed E-state index contributed by atoms with van der Waals surface area (Å²) in [6.45, 7) is 2.04. The molecule has 174 valence electrons. The molecule has 0 amide bonds. The molecule has 0 unspecified atom stereocenters. The van der Waals surface area contributed by atoms with E-state index in [1.54, 1.807) is 32.2 Å². The molecular weight excluding hydrogens is 430 g/mol. The highest BCUT2D eigenvalue weighted by atomic mass is 19.3. The largest absolute Gasteiger partial charge is 0.478 e. The lowest BCUT2D eigenvalue weighted by Gasteiger charge is -2.11. The van der Waals surface area contributed by atoms with Crippen molar-refractivity contribution < 1.29 is 13.5 Å². The van der Waals surface area contributed by atoms with E-state index in [2.05, 4.69) is 20.1 Å². The molecule has 0 spiro atoms. The van der Waals surface area contributed by atoms with E-state index in [1.807, 2.05) is 32.3 Å². The number of ether oxygens (including phenoxy) is 1. The second-order valence-corrected chi connectivity index (χ2v) is 8.39. The van der Waals surface area contributed by atoms with Crippen molar-refractivity contribution in [3.63, 3.8) is 0 Å². The molecule has 0 N–H and O–H groups in total. The summed E-state index contributed by atoms with van der Waals surface area (Å²) in [6.07, 6.45) is 2.60. The van der Waals surface area contributed by atoms with Crippen LogP contribution in [0.5, 0.6) is 5.88 Å². The molecule has 8 nitrogen and oxygen atoms in total. The van der Waals surface area contributed by atoms with Gasteiger partial charge in [0.25, 0.3) is 0 Å². The molecule has 4 rings (SSSR count). The Labute approximate surface area is 189 Å². The summed E-state index contributed by atoms with van der Waals surface area (Å²) in [6, 6.07) is 8.81. The Hall–Kier alpha value is -3.40. The molecule has 0 saturated carbocycles. The van der Waals surface area contributed by atoms with Gasteiger partial charge in [-0.25, -0.2) is 14.3 Å². The molecule has 3 aromatic heterocycles. The molecular formula is C23H26F2N6O2. The van der Waals surface area contributed by atoms with Gasteiger partial charge < -0.3 is 9.64 Å². The maximum atomic E-state index is 13.6. The minimum Gasteiger partial charge on any atom is -0.478 e. The fraction of sp³-hybridized carbons (Fsp3) is 0.391. The van der Waals surface area contributed by atoms with Gasteiger partial charge in [-0.15, -0.1) is 10.2 Å². The number of nitrogens with zero attached hydrogens (tertiary/aromatic N) is 6. The molecule has 0 aliphatic rings. The smallest absolute Gasteiger partial charge is 0.335 e. The van der Waals surface area contributed by atoms with Crippen LogP contribution in [-0.2, 0) is 0 Å². The fourth-order valence-electron chi connectivity index (χ4n) is 3.81. The van der Waals surface area contributed by atoms with Crippen LogP contribution in [0.2, 0.25) is 0 Å². The van der Waals surface area contributed by atoms with E-state index in [9.17, 15) is 13.6 Å². The zero-order valence-corrected chi connectivity index (χ0v) is 19.0. The Bertz CT molecular complexity index is 1330. The van der Waals surface area contributed by atoms with Crippen molar-refractivity contribution in [1.29, 1.82) is 0 Å². The van der Waals surface area contributed by atoms with Crippen molar-refractivity contribution in [1.82, 2.24) is 29.2 Å². The first kappa shape index (κ1) is 22.8. The van der Waals surface area contributed by atoms with E-state index in [1.165, 1.54) is 4.57 Å². The highest BCUT2D eigenvalue weighted by Gasteiger charge is 2.24. The van der Waals surface area contributed by atoms with E-state index in [-0.39, 0.29) is 11.7 Å². The van der Waals surface area contributed by atoms with E-state index in [0.29, 0.717) is 33.5 Å². The summed E-state index contributed by atoms with van der Waals surface area (Å²) >= 11 is 0. The minimum atomic E-state index is -3.01. The standard InChI is InChI=1S/C23H26F2N6O2/c1-14(2)30-20-17-12-15(16-7-9-19(26-13-16)33-11-5-10-29(3)4)6-8-18(17)27-28-21(20)31(22(24)25)23(30)32/h6-9,12-14,22H,5,10-11H2,1-4H3. The molecule has 0 fully saturated rings. The number of imidazole rings is 1. The number of rotatable bonds is 8. The molecule has 4 aromatic rings. The van der Waals surface area contributed by atoms with Crippen LogP contribution < -0.4 is 10.4 Å². The maximum absolute atomic E-state index is 13.6. The fourth-order valence-corrected chi connectivity index (χ4v) is 3.81. The molecule has 1 aromatic carbocycles. The molecule has 0 aliphatic carbocycles. The lowest BCUT2D eigenvalue weighted by atomic mass is 10.0. The van der Waals surface area contributed by atoms with Gasteiger partial charge in [0, 0.05) is 35.8 Å². The summed E-state index contributed by atoms with van der Waals surface area (Å²) < 4.78 is 34.7. The average Bonchev–Trinajstić information content (AvgIpc) is 3.09. The van der Waals surface area contributed by atoms with Crippen LogP contribution in [0.1, 0.15) is 32.9 Å². The van der Waals surface area contributed by atoms with Crippen LogP contribution in [-0.4, -0.2) is 56.5 Å². The van der Waals surface area contributed by atoms with Crippen LogP contribution in [0, 0.1) is 0 Å². The number of fused-ring (bicyclic) bond motifs is 3. The van der Waals surface area contributed by atoms with Gasteiger partial charge in [-0.05, 0) is 58.1 Å². The van der Waals surface area contributed by atoms with Gasteiger partial charge in [0.2, 0.25) is 5.88 Å². The van der Waals surface area contributed by atoms with Crippen molar-refractivity contribution in [3.8, 4) is 17.0 Å². The molecule has 33 heavy (non-hydrogen) atoms. The molecule has 0 bridgehead atoms. The predicted molar refractivity (Wildman–Crippen MR) is 123 cm³/mol. The number of hydrogen-bond donors (Lipinski definition) is 0. The van der Waals surface area contributed by atoms with Gasteiger partial charge in [0.15, 0.2) is 5.65 Å². The van der Waals surface area contributed by atoms with Crippen molar-refractivity contribution in [2.24, 2.45) is 0 Å². The molecule has 0 aliphatic heterocycles. The summed E-state index contributed by atoms with van der Waals surface area (Å²) in [5.74, 6) is 0.536. The highest BCUT2D eigenvalue weighted by Crippen LogP contribution is 2.30. The molecule has 0 saturated heterocycles. The third-order valence-corrected chi connectivity index (χ3v) is 5.38. The first-order chi connectivity index (χ1) is 15.8. The zero-order valence-electron chi connectivity index (χ0n) is 19.0. The molecule has 0 radical (unpaired) electrons. The second-order valence-electron chi connectivity index (χ2n) is 8.39.